The van der Waals surface area contributed by atoms with E-state index >= 15 is 0 Å². The van der Waals surface area contributed by atoms with Crippen molar-refractivity contribution in [2.45, 2.75) is 49.8 Å². The standard InChI is InChI=1S/C16H24N6O2S.C2HF3O2/c1-20-9-13(8-18-20)10-21-11-14-4-6-17-22(14)15(12-21)5-7-19-25(23,24)16-2-3-16;3-2(4,5)1(6)7/h4,6,8-9,15-16,19H,2-3,5,7,10-12H2,1H3;(H,6,7). The van der Waals surface area contributed by atoms with Gasteiger partial charge in [-0.2, -0.15) is 23.4 Å². The van der Waals surface area contributed by atoms with Crippen LogP contribution in [0.4, 0.5) is 13.2 Å². The van der Waals surface area contributed by atoms with Gasteiger partial charge in [-0.15, -0.1) is 0 Å². The lowest BCUT2D eigenvalue weighted by atomic mass is 10.1. The molecule has 2 aliphatic rings. The molecule has 32 heavy (non-hydrogen) atoms. The molecule has 1 unspecified atom stereocenters. The lowest BCUT2D eigenvalue weighted by Crippen LogP contribution is -2.39. The molecule has 0 radical (unpaired) electrons. The Morgan fingerprint density at radius 3 is 2.56 bits per heavy atom. The van der Waals surface area contributed by atoms with E-state index in [2.05, 4.69) is 19.8 Å². The number of aliphatic carboxylic acids is 1. The van der Waals surface area contributed by atoms with Crippen LogP contribution in [0.25, 0.3) is 0 Å². The van der Waals surface area contributed by atoms with E-state index in [9.17, 15) is 21.6 Å². The van der Waals surface area contributed by atoms with Crippen molar-refractivity contribution in [2.75, 3.05) is 13.1 Å². The number of hydrogen-bond acceptors (Lipinski definition) is 6. The monoisotopic (exact) mass is 478 g/mol. The summed E-state index contributed by atoms with van der Waals surface area (Å²) in [5.74, 6) is -2.76. The van der Waals surface area contributed by atoms with Crippen molar-refractivity contribution in [3.8, 4) is 0 Å². The Kier molecular flexibility index (Phi) is 7.25. The van der Waals surface area contributed by atoms with Crippen molar-refractivity contribution >= 4 is 16.0 Å². The summed E-state index contributed by atoms with van der Waals surface area (Å²) in [6.45, 7) is 3.00. The van der Waals surface area contributed by atoms with E-state index in [-0.39, 0.29) is 11.3 Å². The first-order chi connectivity index (χ1) is 15.0. The van der Waals surface area contributed by atoms with Crippen LogP contribution in [0.5, 0.6) is 0 Å². The van der Waals surface area contributed by atoms with Crippen LogP contribution >= 0.6 is 0 Å². The zero-order valence-electron chi connectivity index (χ0n) is 17.4. The summed E-state index contributed by atoms with van der Waals surface area (Å²) >= 11 is 0. The lowest BCUT2D eigenvalue weighted by molar-refractivity contribution is -0.192. The number of hydrogen-bond donors (Lipinski definition) is 2. The van der Waals surface area contributed by atoms with Crippen LogP contribution < -0.4 is 4.72 Å². The molecule has 1 aliphatic carbocycles. The van der Waals surface area contributed by atoms with E-state index in [1.54, 1.807) is 0 Å². The number of carboxylic acids is 1. The second kappa shape index (κ2) is 9.58. The van der Waals surface area contributed by atoms with Gasteiger partial charge in [-0.1, -0.05) is 0 Å². The van der Waals surface area contributed by atoms with Gasteiger partial charge in [-0.3, -0.25) is 14.3 Å². The number of nitrogens with zero attached hydrogens (tertiary/aromatic N) is 5. The van der Waals surface area contributed by atoms with Gasteiger partial charge < -0.3 is 5.11 Å². The molecule has 0 aromatic carbocycles. The molecule has 2 aromatic rings. The lowest BCUT2D eigenvalue weighted by Gasteiger charge is -2.33. The van der Waals surface area contributed by atoms with E-state index in [4.69, 9.17) is 9.90 Å². The Hall–Kier alpha value is -2.45. The first-order valence-electron chi connectivity index (χ1n) is 9.96. The second-order valence-electron chi connectivity index (χ2n) is 7.84. The van der Waals surface area contributed by atoms with Crippen LogP contribution in [-0.2, 0) is 35.0 Å². The van der Waals surface area contributed by atoms with Crippen molar-refractivity contribution in [2.24, 2.45) is 7.05 Å². The fourth-order valence-corrected chi connectivity index (χ4v) is 4.87. The van der Waals surface area contributed by atoms with Gasteiger partial charge in [0.25, 0.3) is 0 Å². The van der Waals surface area contributed by atoms with Crippen LogP contribution in [-0.4, -0.2) is 68.5 Å². The van der Waals surface area contributed by atoms with E-state index in [0.717, 1.165) is 38.9 Å². The highest BCUT2D eigenvalue weighted by Gasteiger charge is 2.38. The molecule has 2 aromatic heterocycles. The fraction of sp³-hybridized carbons (Fsp3) is 0.611. The molecule has 2 N–H and O–H groups in total. The molecule has 1 aliphatic heterocycles. The maximum absolute atomic E-state index is 12.0. The fourth-order valence-electron chi connectivity index (χ4n) is 3.47. The summed E-state index contributed by atoms with van der Waals surface area (Å²) in [6.07, 6.45) is 2.99. The average molecular weight is 478 g/mol. The van der Waals surface area contributed by atoms with Gasteiger partial charge in [0.1, 0.15) is 0 Å². The number of halogens is 3. The number of carboxylic acid groups (broad SMARTS) is 1. The van der Waals surface area contributed by atoms with Gasteiger partial charge in [0, 0.05) is 51.2 Å². The van der Waals surface area contributed by atoms with Gasteiger partial charge >= 0.3 is 12.1 Å². The van der Waals surface area contributed by atoms with E-state index in [0.29, 0.717) is 6.54 Å². The summed E-state index contributed by atoms with van der Waals surface area (Å²) in [5, 5.41) is 15.6. The highest BCUT2D eigenvalue weighted by molar-refractivity contribution is 7.90. The van der Waals surface area contributed by atoms with Gasteiger partial charge in [0.15, 0.2) is 0 Å². The summed E-state index contributed by atoms with van der Waals surface area (Å²) in [5.41, 5.74) is 2.36. The molecule has 0 spiro atoms. The van der Waals surface area contributed by atoms with Crippen LogP contribution in [0.15, 0.2) is 24.7 Å². The Morgan fingerprint density at radius 2 is 2.00 bits per heavy atom. The maximum atomic E-state index is 12.0. The Morgan fingerprint density at radius 1 is 1.31 bits per heavy atom. The molecule has 1 atom stereocenters. The smallest absolute Gasteiger partial charge is 0.475 e. The largest absolute Gasteiger partial charge is 0.490 e. The van der Waals surface area contributed by atoms with Crippen molar-refractivity contribution in [3.05, 3.63) is 35.9 Å². The summed E-state index contributed by atoms with van der Waals surface area (Å²) in [4.78, 5) is 11.3. The number of sulfonamides is 1. The minimum Gasteiger partial charge on any atom is -0.475 e. The van der Waals surface area contributed by atoms with Crippen LogP contribution in [0.2, 0.25) is 0 Å². The average Bonchev–Trinajstić information content (AvgIpc) is 3.33. The minimum absolute atomic E-state index is 0.166. The van der Waals surface area contributed by atoms with Crippen molar-refractivity contribution in [1.29, 1.82) is 0 Å². The normalized spacial score (nSPS) is 19.2. The summed E-state index contributed by atoms with van der Waals surface area (Å²) < 4.78 is 62.3. The molecular weight excluding hydrogens is 453 g/mol. The van der Waals surface area contributed by atoms with Gasteiger partial charge in [0.05, 0.1) is 23.2 Å². The number of carbonyl (C=O) groups is 1. The minimum atomic E-state index is -5.08. The molecule has 1 saturated carbocycles. The molecule has 178 valence electrons. The first kappa shape index (κ1) is 24.2. The predicted molar refractivity (Wildman–Crippen MR) is 107 cm³/mol. The van der Waals surface area contributed by atoms with Crippen LogP contribution in [0.1, 0.15) is 36.6 Å². The predicted octanol–water partition coefficient (Wildman–Crippen LogP) is 1.28. The Labute approximate surface area is 183 Å². The molecule has 10 nitrogen and oxygen atoms in total. The van der Waals surface area contributed by atoms with Gasteiger partial charge in [0.2, 0.25) is 10.0 Å². The third-order valence-electron chi connectivity index (χ3n) is 5.10. The first-order valence-corrected chi connectivity index (χ1v) is 11.5. The second-order valence-corrected chi connectivity index (χ2v) is 9.89. The molecule has 1 fully saturated rings. The number of nitrogens with one attached hydrogen (secondary N) is 1. The third kappa shape index (κ3) is 6.53. The number of alkyl halides is 3. The summed E-state index contributed by atoms with van der Waals surface area (Å²) in [7, 11) is -1.20. The SMILES string of the molecule is Cn1cc(CN2Cc3ccnn3C(CCNS(=O)(=O)C3CC3)C2)cn1.O=C(O)C(F)(F)F. The highest BCUT2D eigenvalue weighted by Crippen LogP contribution is 2.28. The van der Waals surface area contributed by atoms with Gasteiger partial charge in [-0.25, -0.2) is 17.9 Å². The number of rotatable bonds is 7. The Balaban J connectivity index is 0.000000360. The van der Waals surface area contributed by atoms with Gasteiger partial charge in [-0.05, 0) is 25.3 Å². The quantitative estimate of drug-likeness (QED) is 0.615. The molecule has 0 bridgehead atoms. The molecule has 0 amide bonds. The molecule has 4 rings (SSSR count). The van der Waals surface area contributed by atoms with E-state index in [1.165, 1.54) is 11.3 Å². The van der Waals surface area contributed by atoms with Crippen molar-refractivity contribution < 1.29 is 31.5 Å². The number of aromatic nitrogens is 4. The summed E-state index contributed by atoms with van der Waals surface area (Å²) in [6, 6.07) is 2.22. The zero-order valence-corrected chi connectivity index (χ0v) is 18.2. The maximum Gasteiger partial charge on any atom is 0.490 e. The van der Waals surface area contributed by atoms with Crippen molar-refractivity contribution in [1.82, 2.24) is 29.2 Å². The molecular formula is C18H25F3N6O4S. The number of fused-ring (bicyclic) bond motifs is 1. The zero-order chi connectivity index (χ0) is 23.5. The van der Waals surface area contributed by atoms with E-state index in [1.807, 2.05) is 41.1 Å². The third-order valence-corrected chi connectivity index (χ3v) is 7.06. The molecule has 0 saturated heterocycles. The van der Waals surface area contributed by atoms with Crippen LogP contribution in [0, 0.1) is 0 Å². The van der Waals surface area contributed by atoms with E-state index < -0.39 is 22.2 Å². The topological polar surface area (TPSA) is 122 Å². The Bertz CT molecular complexity index is 1030. The number of aryl methyl sites for hydroxylation is 1. The van der Waals surface area contributed by atoms with Crippen molar-refractivity contribution in [3.63, 3.8) is 0 Å². The highest BCUT2D eigenvalue weighted by atomic mass is 32.2. The van der Waals surface area contributed by atoms with Crippen LogP contribution in [0.3, 0.4) is 0 Å². The molecule has 3 heterocycles. The molecule has 14 heteroatoms.